The molecule has 0 saturated heterocycles. The van der Waals surface area contributed by atoms with Crippen molar-refractivity contribution in [3.63, 3.8) is 0 Å². The molecule has 1 aliphatic heterocycles. The number of nitrogens with zero attached hydrogens (tertiary/aromatic N) is 4. The quantitative estimate of drug-likeness (QED) is 0.479. The Labute approximate surface area is 197 Å². The van der Waals surface area contributed by atoms with Crippen LogP contribution in [0.1, 0.15) is 38.1 Å². The number of methoxy groups -OCH3 is 1. The zero-order valence-corrected chi connectivity index (χ0v) is 20.1. The topological polar surface area (TPSA) is 86.7 Å². The van der Waals surface area contributed by atoms with Crippen LogP contribution in [0.2, 0.25) is 0 Å². The highest BCUT2D eigenvalue weighted by Gasteiger charge is 2.35. The molecular formula is C24H26N4O4S. The van der Waals surface area contributed by atoms with Crippen LogP contribution >= 0.6 is 11.8 Å². The van der Waals surface area contributed by atoms with Gasteiger partial charge in [-0.3, -0.25) is 9.69 Å². The van der Waals surface area contributed by atoms with Crippen molar-refractivity contribution in [2.45, 2.75) is 39.1 Å². The molecule has 0 fully saturated rings. The highest BCUT2D eigenvalue weighted by Crippen LogP contribution is 2.44. The summed E-state index contributed by atoms with van der Waals surface area (Å²) in [6.45, 7) is 7.94. The molecule has 8 nitrogen and oxygen atoms in total. The predicted molar refractivity (Wildman–Crippen MR) is 127 cm³/mol. The number of thioether (sulfide) groups is 1. The van der Waals surface area contributed by atoms with E-state index < -0.39 is 6.23 Å². The van der Waals surface area contributed by atoms with Crippen LogP contribution in [0, 0.1) is 6.92 Å². The number of benzene rings is 2. The molecule has 0 radical (unpaired) electrons. The summed E-state index contributed by atoms with van der Waals surface area (Å²) in [5.41, 5.74) is 3.66. The van der Waals surface area contributed by atoms with Crippen LogP contribution in [0.25, 0.3) is 11.3 Å². The van der Waals surface area contributed by atoms with Crippen LogP contribution < -0.4 is 19.1 Å². The first-order chi connectivity index (χ1) is 16.0. The van der Waals surface area contributed by atoms with Gasteiger partial charge in [0.15, 0.2) is 17.2 Å². The predicted octanol–water partition coefficient (Wildman–Crippen LogP) is 4.81. The van der Waals surface area contributed by atoms with Gasteiger partial charge < -0.3 is 14.2 Å². The Hall–Kier alpha value is -3.33. The summed E-state index contributed by atoms with van der Waals surface area (Å²) in [5.74, 6) is 2.12. The van der Waals surface area contributed by atoms with E-state index in [0.29, 0.717) is 46.1 Å². The number of hydrogen-bond acceptors (Lipinski definition) is 8. The molecule has 4 rings (SSSR count). The van der Waals surface area contributed by atoms with Gasteiger partial charge in [0, 0.05) is 18.1 Å². The average molecular weight is 467 g/mol. The Balaban J connectivity index is 1.93. The van der Waals surface area contributed by atoms with Gasteiger partial charge in [0.05, 0.1) is 19.4 Å². The van der Waals surface area contributed by atoms with Crippen LogP contribution in [0.4, 0.5) is 5.69 Å². The molecule has 3 aromatic rings. The lowest BCUT2D eigenvalue weighted by molar-refractivity contribution is -0.118. The van der Waals surface area contributed by atoms with Crippen molar-refractivity contribution in [3.05, 3.63) is 47.5 Å². The molecule has 1 aromatic heterocycles. The van der Waals surface area contributed by atoms with Gasteiger partial charge in [-0.15, -0.1) is 10.2 Å². The van der Waals surface area contributed by atoms with Gasteiger partial charge >= 0.3 is 0 Å². The standard InChI is InChI=1S/C24H26N4O4S/c1-6-31-19-11-9-16(13-20(19)30-5)23-28(15(4)29)18-10-8-14(3)12-17(18)21-22(32-23)25-24(27-26-21)33-7-2/h8-13,23H,6-7H2,1-5H3/t23-/m0/s1. The normalized spacial score (nSPS) is 14.6. The van der Waals surface area contributed by atoms with Crippen molar-refractivity contribution in [3.8, 4) is 28.6 Å². The number of carbonyl (C=O) groups excluding carboxylic acids is 1. The fraction of sp³-hybridized carbons (Fsp3) is 0.333. The van der Waals surface area contributed by atoms with Crippen molar-refractivity contribution in [1.29, 1.82) is 0 Å². The molecule has 0 N–H and O–H groups in total. The van der Waals surface area contributed by atoms with Gasteiger partial charge in [-0.25, -0.2) is 0 Å². The van der Waals surface area contributed by atoms with E-state index in [0.717, 1.165) is 16.9 Å². The van der Waals surface area contributed by atoms with E-state index in [1.807, 2.05) is 57.2 Å². The van der Waals surface area contributed by atoms with Crippen molar-refractivity contribution in [2.75, 3.05) is 24.4 Å². The molecule has 2 heterocycles. The maximum atomic E-state index is 13.0. The number of ether oxygens (including phenoxy) is 3. The fourth-order valence-corrected chi connectivity index (χ4v) is 4.24. The Morgan fingerprint density at radius 3 is 2.67 bits per heavy atom. The van der Waals surface area contributed by atoms with Gasteiger partial charge in [0.1, 0.15) is 0 Å². The third kappa shape index (κ3) is 4.45. The lowest BCUT2D eigenvalue weighted by Gasteiger charge is -2.30. The second-order valence-electron chi connectivity index (χ2n) is 7.40. The Morgan fingerprint density at radius 2 is 1.97 bits per heavy atom. The van der Waals surface area contributed by atoms with E-state index in [1.165, 1.54) is 18.7 Å². The molecule has 33 heavy (non-hydrogen) atoms. The maximum absolute atomic E-state index is 13.0. The number of rotatable bonds is 6. The number of anilines is 1. The van der Waals surface area contributed by atoms with Crippen molar-refractivity contribution in [1.82, 2.24) is 15.2 Å². The maximum Gasteiger partial charge on any atom is 0.247 e. The lowest BCUT2D eigenvalue weighted by Crippen LogP contribution is -2.36. The first-order valence-electron chi connectivity index (χ1n) is 10.7. The summed E-state index contributed by atoms with van der Waals surface area (Å²) in [5, 5.41) is 9.21. The van der Waals surface area contributed by atoms with Crippen LogP contribution in [-0.2, 0) is 4.79 Å². The average Bonchev–Trinajstić information content (AvgIpc) is 2.94. The summed E-state index contributed by atoms with van der Waals surface area (Å²) >= 11 is 1.48. The van der Waals surface area contributed by atoms with Crippen LogP contribution in [0.15, 0.2) is 41.6 Å². The monoisotopic (exact) mass is 466 g/mol. The van der Waals surface area contributed by atoms with E-state index in [1.54, 1.807) is 12.0 Å². The number of aromatic nitrogens is 3. The number of aryl methyl sites for hydroxylation is 1. The molecular weight excluding hydrogens is 440 g/mol. The number of hydrogen-bond donors (Lipinski definition) is 0. The molecule has 0 unspecified atom stereocenters. The van der Waals surface area contributed by atoms with Gasteiger partial charge in [0.25, 0.3) is 0 Å². The van der Waals surface area contributed by atoms with Crippen molar-refractivity contribution in [2.24, 2.45) is 0 Å². The molecule has 2 aromatic carbocycles. The molecule has 0 spiro atoms. The van der Waals surface area contributed by atoms with Crippen LogP contribution in [0.3, 0.4) is 0 Å². The summed E-state index contributed by atoms with van der Waals surface area (Å²) in [6.07, 6.45) is -0.786. The highest BCUT2D eigenvalue weighted by atomic mass is 32.2. The number of fused-ring (bicyclic) bond motifs is 3. The molecule has 1 atom stereocenters. The molecule has 172 valence electrons. The Kier molecular flexibility index (Phi) is 6.69. The van der Waals surface area contributed by atoms with Crippen molar-refractivity contribution >= 4 is 23.4 Å². The Bertz CT molecular complexity index is 1190. The fourth-order valence-electron chi connectivity index (χ4n) is 3.74. The molecule has 0 saturated carbocycles. The molecule has 0 aliphatic carbocycles. The van der Waals surface area contributed by atoms with Crippen LogP contribution in [-0.4, -0.2) is 40.6 Å². The highest BCUT2D eigenvalue weighted by molar-refractivity contribution is 7.99. The number of carbonyl (C=O) groups is 1. The van der Waals surface area contributed by atoms with Gasteiger partial charge in [-0.1, -0.05) is 30.3 Å². The first kappa shape index (κ1) is 22.8. The van der Waals surface area contributed by atoms with Crippen LogP contribution in [0.5, 0.6) is 17.4 Å². The molecule has 9 heteroatoms. The van der Waals surface area contributed by atoms with Gasteiger partial charge in [0.2, 0.25) is 23.2 Å². The van der Waals surface area contributed by atoms with Gasteiger partial charge in [-0.05, 0) is 49.9 Å². The minimum atomic E-state index is -0.786. The smallest absolute Gasteiger partial charge is 0.247 e. The van der Waals surface area contributed by atoms with E-state index in [9.17, 15) is 4.79 Å². The summed E-state index contributed by atoms with van der Waals surface area (Å²) < 4.78 is 17.6. The largest absolute Gasteiger partial charge is 0.493 e. The second-order valence-corrected chi connectivity index (χ2v) is 8.64. The summed E-state index contributed by atoms with van der Waals surface area (Å²) in [6, 6.07) is 11.3. The zero-order chi connectivity index (χ0) is 23.5. The third-order valence-electron chi connectivity index (χ3n) is 5.15. The molecule has 0 bridgehead atoms. The van der Waals surface area contributed by atoms with E-state index in [2.05, 4.69) is 15.2 Å². The van der Waals surface area contributed by atoms with E-state index in [4.69, 9.17) is 14.2 Å². The van der Waals surface area contributed by atoms with Gasteiger partial charge in [-0.2, -0.15) is 4.98 Å². The summed E-state index contributed by atoms with van der Waals surface area (Å²) in [7, 11) is 1.58. The van der Waals surface area contributed by atoms with Crippen molar-refractivity contribution < 1.29 is 19.0 Å². The molecule has 1 amide bonds. The third-order valence-corrected chi connectivity index (χ3v) is 5.86. The minimum Gasteiger partial charge on any atom is -0.493 e. The summed E-state index contributed by atoms with van der Waals surface area (Å²) in [4.78, 5) is 19.2. The Morgan fingerprint density at radius 1 is 1.15 bits per heavy atom. The van der Waals surface area contributed by atoms with E-state index >= 15 is 0 Å². The number of amides is 1. The minimum absolute atomic E-state index is 0.179. The zero-order valence-electron chi connectivity index (χ0n) is 19.3. The molecule has 1 aliphatic rings. The lowest BCUT2D eigenvalue weighted by atomic mass is 10.0. The van der Waals surface area contributed by atoms with E-state index in [-0.39, 0.29) is 5.91 Å². The first-order valence-corrected chi connectivity index (χ1v) is 11.7. The SMILES string of the molecule is CCOc1ccc([C@@H]2Oc3nc(SCC)nnc3-c3cc(C)ccc3N2C(C)=O)cc1OC. The second kappa shape index (κ2) is 9.66.